The molecule has 0 unspecified atom stereocenters. The Bertz CT molecular complexity index is 1000. The van der Waals surface area contributed by atoms with Gasteiger partial charge in [-0.05, 0) is 36.4 Å². The zero-order valence-electron chi connectivity index (χ0n) is 14.1. The van der Waals surface area contributed by atoms with Gasteiger partial charge in [0.05, 0.1) is 6.54 Å². The van der Waals surface area contributed by atoms with Crippen LogP contribution in [0.2, 0.25) is 0 Å². The Hall–Kier alpha value is -3.61. The highest BCUT2D eigenvalue weighted by Gasteiger charge is 2.12. The maximum absolute atomic E-state index is 12.3. The highest BCUT2D eigenvalue weighted by atomic mass is 16.4. The van der Waals surface area contributed by atoms with Crippen molar-refractivity contribution < 1.29 is 14.0 Å². The predicted octanol–water partition coefficient (Wildman–Crippen LogP) is 2.70. The van der Waals surface area contributed by atoms with Crippen molar-refractivity contribution in [2.75, 3.05) is 10.6 Å². The molecule has 3 rings (SSSR count). The smallest absolute Gasteiger partial charge is 0.291 e. The number of furan rings is 1. The molecule has 2 aromatic heterocycles. The van der Waals surface area contributed by atoms with Gasteiger partial charge in [-0.1, -0.05) is 12.1 Å². The SMILES string of the molecule is CC(=O)Nc1cccc(NC(=O)c2ccc(Cn3ccccc3=O)o2)c1. The zero-order chi connectivity index (χ0) is 18.5. The van der Waals surface area contributed by atoms with Crippen molar-refractivity contribution in [2.45, 2.75) is 13.5 Å². The van der Waals surface area contributed by atoms with E-state index in [0.29, 0.717) is 17.1 Å². The van der Waals surface area contributed by atoms with Crippen molar-refractivity contribution in [1.29, 1.82) is 0 Å². The van der Waals surface area contributed by atoms with Gasteiger partial charge in [0.2, 0.25) is 5.91 Å². The summed E-state index contributed by atoms with van der Waals surface area (Å²) in [5.74, 6) is 0.0151. The Kier molecular flexibility index (Phi) is 4.98. The van der Waals surface area contributed by atoms with Crippen molar-refractivity contribution in [3.05, 3.63) is 82.7 Å². The number of nitrogens with zero attached hydrogens (tertiary/aromatic N) is 1. The van der Waals surface area contributed by atoms with Crippen LogP contribution in [0, 0.1) is 0 Å². The van der Waals surface area contributed by atoms with E-state index < -0.39 is 5.91 Å². The lowest BCUT2D eigenvalue weighted by Gasteiger charge is -2.06. The van der Waals surface area contributed by atoms with E-state index in [0.717, 1.165) is 0 Å². The first-order chi connectivity index (χ1) is 12.5. The van der Waals surface area contributed by atoms with Crippen LogP contribution in [0.4, 0.5) is 11.4 Å². The molecule has 0 spiro atoms. The molecule has 2 N–H and O–H groups in total. The zero-order valence-corrected chi connectivity index (χ0v) is 14.1. The van der Waals surface area contributed by atoms with Gasteiger partial charge in [-0.2, -0.15) is 0 Å². The molecule has 0 saturated heterocycles. The van der Waals surface area contributed by atoms with Crippen molar-refractivity contribution in [2.24, 2.45) is 0 Å². The molecule has 0 saturated carbocycles. The van der Waals surface area contributed by atoms with Gasteiger partial charge in [0, 0.05) is 30.6 Å². The summed E-state index contributed by atoms with van der Waals surface area (Å²) in [6, 6.07) is 14.9. The highest BCUT2D eigenvalue weighted by Crippen LogP contribution is 2.17. The summed E-state index contributed by atoms with van der Waals surface area (Å²) in [6.45, 7) is 1.65. The first-order valence-electron chi connectivity index (χ1n) is 7.94. The summed E-state index contributed by atoms with van der Waals surface area (Å²) in [6.07, 6.45) is 1.65. The Morgan fingerprint density at radius 1 is 1.00 bits per heavy atom. The summed E-state index contributed by atoms with van der Waals surface area (Å²) in [7, 11) is 0. The molecule has 2 amide bonds. The standard InChI is InChI=1S/C19H17N3O4/c1-13(23)20-14-5-4-6-15(11-14)21-19(25)17-9-8-16(26-17)12-22-10-3-2-7-18(22)24/h2-11H,12H2,1H3,(H,20,23)(H,21,25). The fourth-order valence-corrected chi connectivity index (χ4v) is 2.41. The van der Waals surface area contributed by atoms with E-state index >= 15 is 0 Å². The summed E-state index contributed by atoms with van der Waals surface area (Å²) in [4.78, 5) is 35.2. The maximum Gasteiger partial charge on any atom is 0.291 e. The van der Waals surface area contributed by atoms with Gasteiger partial charge in [-0.25, -0.2) is 0 Å². The lowest BCUT2D eigenvalue weighted by Crippen LogP contribution is -2.18. The van der Waals surface area contributed by atoms with E-state index in [-0.39, 0.29) is 23.8 Å². The first-order valence-corrected chi connectivity index (χ1v) is 7.94. The van der Waals surface area contributed by atoms with Crippen LogP contribution < -0.4 is 16.2 Å². The minimum Gasteiger partial charge on any atom is -0.454 e. The molecular weight excluding hydrogens is 334 g/mol. The van der Waals surface area contributed by atoms with Gasteiger partial charge in [0.15, 0.2) is 5.76 Å². The molecule has 0 bridgehead atoms. The average Bonchev–Trinajstić information content (AvgIpc) is 3.05. The van der Waals surface area contributed by atoms with Crippen LogP contribution >= 0.6 is 0 Å². The molecule has 7 nitrogen and oxygen atoms in total. The predicted molar refractivity (Wildman–Crippen MR) is 97.2 cm³/mol. The third-order valence-corrected chi connectivity index (χ3v) is 3.55. The third-order valence-electron chi connectivity index (χ3n) is 3.55. The molecule has 0 fully saturated rings. The van der Waals surface area contributed by atoms with E-state index in [1.54, 1.807) is 54.7 Å². The maximum atomic E-state index is 12.3. The van der Waals surface area contributed by atoms with E-state index in [2.05, 4.69) is 10.6 Å². The summed E-state index contributed by atoms with van der Waals surface area (Å²) in [5.41, 5.74) is 0.960. The van der Waals surface area contributed by atoms with Gasteiger partial charge in [-0.15, -0.1) is 0 Å². The highest BCUT2D eigenvalue weighted by molar-refractivity contribution is 6.02. The lowest BCUT2D eigenvalue weighted by molar-refractivity contribution is -0.114. The topological polar surface area (TPSA) is 93.3 Å². The molecule has 7 heteroatoms. The average molecular weight is 351 g/mol. The number of aromatic nitrogens is 1. The molecule has 0 aliphatic carbocycles. The number of hydrogen-bond donors (Lipinski definition) is 2. The van der Waals surface area contributed by atoms with Gasteiger partial charge in [-0.3, -0.25) is 14.4 Å². The van der Waals surface area contributed by atoms with Crippen molar-refractivity contribution in [1.82, 2.24) is 4.57 Å². The number of carbonyl (C=O) groups excluding carboxylic acids is 2. The lowest BCUT2D eigenvalue weighted by atomic mass is 10.2. The van der Waals surface area contributed by atoms with Crippen LogP contribution in [0.25, 0.3) is 0 Å². The molecule has 132 valence electrons. The number of nitrogens with one attached hydrogen (secondary N) is 2. The Labute approximate surface area is 149 Å². The molecule has 3 aromatic rings. The third kappa shape index (κ3) is 4.27. The normalized spacial score (nSPS) is 10.3. The van der Waals surface area contributed by atoms with Crippen molar-refractivity contribution in [3.8, 4) is 0 Å². The fourth-order valence-electron chi connectivity index (χ4n) is 2.41. The van der Waals surface area contributed by atoms with Crippen molar-refractivity contribution >= 4 is 23.2 Å². The van der Waals surface area contributed by atoms with Gasteiger partial charge >= 0.3 is 0 Å². The number of hydrogen-bond acceptors (Lipinski definition) is 4. The minimum absolute atomic E-state index is 0.133. The van der Waals surface area contributed by atoms with Crippen LogP contribution in [0.15, 0.2) is 70.0 Å². The number of carbonyl (C=O) groups is 2. The number of rotatable bonds is 5. The van der Waals surface area contributed by atoms with E-state index in [9.17, 15) is 14.4 Å². The monoisotopic (exact) mass is 351 g/mol. The minimum atomic E-state index is -0.420. The number of amides is 2. The molecule has 0 aliphatic heterocycles. The fraction of sp³-hybridized carbons (Fsp3) is 0.105. The van der Waals surface area contributed by atoms with Crippen LogP contribution in [0.1, 0.15) is 23.2 Å². The van der Waals surface area contributed by atoms with Crippen LogP contribution in [-0.4, -0.2) is 16.4 Å². The molecule has 0 atom stereocenters. The van der Waals surface area contributed by atoms with Crippen LogP contribution in [0.3, 0.4) is 0 Å². The summed E-state index contributed by atoms with van der Waals surface area (Å²) >= 11 is 0. The quantitative estimate of drug-likeness (QED) is 0.739. The molecule has 0 aliphatic rings. The van der Waals surface area contributed by atoms with Crippen LogP contribution in [-0.2, 0) is 11.3 Å². The molecule has 2 heterocycles. The largest absolute Gasteiger partial charge is 0.454 e. The number of benzene rings is 1. The second kappa shape index (κ2) is 7.52. The summed E-state index contributed by atoms with van der Waals surface area (Å²) in [5, 5.41) is 5.36. The second-order valence-corrected chi connectivity index (χ2v) is 5.65. The Morgan fingerprint density at radius 3 is 2.50 bits per heavy atom. The molecule has 26 heavy (non-hydrogen) atoms. The van der Waals surface area contributed by atoms with E-state index in [1.165, 1.54) is 17.6 Å². The van der Waals surface area contributed by atoms with Gasteiger partial charge < -0.3 is 19.6 Å². The van der Waals surface area contributed by atoms with Gasteiger partial charge in [0.25, 0.3) is 11.5 Å². The van der Waals surface area contributed by atoms with E-state index in [4.69, 9.17) is 4.42 Å². The Balaban J connectivity index is 1.69. The number of anilines is 2. The van der Waals surface area contributed by atoms with Crippen molar-refractivity contribution in [3.63, 3.8) is 0 Å². The Morgan fingerprint density at radius 2 is 1.77 bits per heavy atom. The molecule has 1 aromatic carbocycles. The summed E-state index contributed by atoms with van der Waals surface area (Å²) < 4.78 is 7.01. The second-order valence-electron chi connectivity index (χ2n) is 5.65. The molecule has 0 radical (unpaired) electrons. The van der Waals surface area contributed by atoms with Crippen LogP contribution in [0.5, 0.6) is 0 Å². The number of pyridine rings is 1. The first kappa shape index (κ1) is 17.2. The van der Waals surface area contributed by atoms with Gasteiger partial charge in [0.1, 0.15) is 5.76 Å². The van der Waals surface area contributed by atoms with E-state index in [1.807, 2.05) is 0 Å². The molecular formula is C19H17N3O4.